The fourth-order valence-corrected chi connectivity index (χ4v) is 2.29. The number of amides is 2. The van der Waals surface area contributed by atoms with E-state index in [1.54, 1.807) is 0 Å². The number of nitrogens with one attached hydrogen (secondary N) is 3. The Kier molecular flexibility index (Phi) is 3.39. The van der Waals surface area contributed by atoms with E-state index < -0.39 is 6.04 Å². The number of rotatable bonds is 2. The summed E-state index contributed by atoms with van der Waals surface area (Å²) in [7, 11) is 0. The minimum absolute atomic E-state index is 0.0880. The van der Waals surface area contributed by atoms with Gasteiger partial charge in [-0.3, -0.25) is 14.9 Å². The highest BCUT2D eigenvalue weighted by Gasteiger charge is 2.24. The summed E-state index contributed by atoms with van der Waals surface area (Å²) in [6, 6.07) is -0.391. The Morgan fingerprint density at radius 1 is 1.53 bits per heavy atom. The maximum atomic E-state index is 11.8. The van der Waals surface area contributed by atoms with Crippen molar-refractivity contribution in [2.45, 2.75) is 19.9 Å². The van der Waals surface area contributed by atoms with Gasteiger partial charge in [-0.25, -0.2) is 4.98 Å². The molecule has 0 aromatic carbocycles. The highest BCUT2D eigenvalue weighted by molar-refractivity contribution is 7.15. The molecule has 1 saturated heterocycles. The molecule has 2 rings (SSSR count). The Balaban J connectivity index is 1.95. The number of aromatic nitrogens is 1. The van der Waals surface area contributed by atoms with E-state index in [1.807, 2.05) is 13.8 Å². The molecule has 1 fully saturated rings. The van der Waals surface area contributed by atoms with E-state index in [2.05, 4.69) is 20.9 Å². The van der Waals surface area contributed by atoms with E-state index in [-0.39, 0.29) is 18.4 Å². The number of carbonyl (C=O) groups is 2. The molecule has 0 saturated carbocycles. The Morgan fingerprint density at radius 2 is 2.29 bits per heavy atom. The third-order valence-electron chi connectivity index (χ3n) is 2.59. The monoisotopic (exact) mass is 254 g/mol. The summed E-state index contributed by atoms with van der Waals surface area (Å²) < 4.78 is 0. The van der Waals surface area contributed by atoms with Gasteiger partial charge in [-0.1, -0.05) is 0 Å². The summed E-state index contributed by atoms with van der Waals surface area (Å²) in [6.45, 7) is 4.35. The number of carbonyl (C=O) groups excluding carboxylic acids is 2. The van der Waals surface area contributed by atoms with Crippen LogP contribution in [-0.4, -0.2) is 35.9 Å². The predicted molar refractivity (Wildman–Crippen MR) is 65.0 cm³/mol. The van der Waals surface area contributed by atoms with Crippen LogP contribution in [0.4, 0.5) is 5.13 Å². The van der Waals surface area contributed by atoms with E-state index in [0.29, 0.717) is 11.7 Å². The number of piperazine rings is 1. The molecule has 92 valence electrons. The van der Waals surface area contributed by atoms with Crippen LogP contribution in [0.1, 0.15) is 10.6 Å². The summed E-state index contributed by atoms with van der Waals surface area (Å²) in [5, 5.41) is 8.84. The summed E-state index contributed by atoms with van der Waals surface area (Å²) in [4.78, 5) is 28.1. The van der Waals surface area contributed by atoms with Crippen LogP contribution in [0.15, 0.2) is 0 Å². The first-order valence-corrected chi connectivity index (χ1v) is 6.13. The quantitative estimate of drug-likeness (QED) is 0.682. The van der Waals surface area contributed by atoms with Gasteiger partial charge >= 0.3 is 0 Å². The molecule has 0 bridgehead atoms. The Hall–Kier alpha value is -1.47. The highest BCUT2D eigenvalue weighted by atomic mass is 32.1. The topological polar surface area (TPSA) is 83.1 Å². The molecule has 0 radical (unpaired) electrons. The summed E-state index contributed by atoms with van der Waals surface area (Å²) in [6.07, 6.45) is 0. The maximum Gasteiger partial charge on any atom is 0.245 e. The molecule has 2 heterocycles. The lowest BCUT2D eigenvalue weighted by atomic mass is 10.2. The van der Waals surface area contributed by atoms with Crippen molar-refractivity contribution in [1.29, 1.82) is 0 Å². The largest absolute Gasteiger partial charge is 0.353 e. The van der Waals surface area contributed by atoms with Gasteiger partial charge in [0.2, 0.25) is 11.8 Å². The number of thiazole rings is 1. The Labute approximate surface area is 103 Å². The van der Waals surface area contributed by atoms with Gasteiger partial charge in [-0.2, -0.15) is 0 Å². The van der Waals surface area contributed by atoms with Gasteiger partial charge in [-0.15, -0.1) is 11.3 Å². The first-order chi connectivity index (χ1) is 8.06. The molecular formula is C10H14N4O2S. The number of anilines is 1. The van der Waals surface area contributed by atoms with Crippen molar-refractivity contribution in [2.24, 2.45) is 0 Å². The van der Waals surface area contributed by atoms with E-state index >= 15 is 0 Å². The van der Waals surface area contributed by atoms with Gasteiger partial charge in [0.25, 0.3) is 0 Å². The second-order valence-corrected chi connectivity index (χ2v) is 5.09. The van der Waals surface area contributed by atoms with Crippen LogP contribution in [0.3, 0.4) is 0 Å². The van der Waals surface area contributed by atoms with Gasteiger partial charge in [0.1, 0.15) is 6.04 Å². The van der Waals surface area contributed by atoms with Crippen LogP contribution >= 0.6 is 11.3 Å². The third kappa shape index (κ3) is 2.80. The molecule has 1 unspecified atom stereocenters. The first-order valence-electron chi connectivity index (χ1n) is 5.31. The lowest BCUT2D eigenvalue weighted by molar-refractivity contribution is -0.124. The Bertz CT molecular complexity index is 428. The number of aryl methyl sites for hydroxylation is 2. The second kappa shape index (κ2) is 4.80. The number of hydrogen-bond acceptors (Lipinski definition) is 5. The molecule has 1 aromatic rings. The lowest BCUT2D eigenvalue weighted by Crippen LogP contribution is -2.56. The zero-order valence-corrected chi connectivity index (χ0v) is 10.5. The van der Waals surface area contributed by atoms with Gasteiger partial charge in [0, 0.05) is 11.4 Å². The molecule has 2 amide bonds. The van der Waals surface area contributed by atoms with E-state index in [4.69, 9.17) is 0 Å². The van der Waals surface area contributed by atoms with Gasteiger partial charge in [0.15, 0.2) is 5.13 Å². The minimum atomic E-state index is -0.391. The SMILES string of the molecule is Cc1nc(NC(=O)C2CNC(=O)CN2)sc1C. The number of nitrogens with zero attached hydrogens (tertiary/aromatic N) is 1. The fourth-order valence-electron chi connectivity index (χ4n) is 1.47. The zero-order valence-electron chi connectivity index (χ0n) is 9.66. The molecular weight excluding hydrogens is 240 g/mol. The average molecular weight is 254 g/mol. The van der Waals surface area contributed by atoms with Crippen LogP contribution in [-0.2, 0) is 9.59 Å². The van der Waals surface area contributed by atoms with E-state index in [0.717, 1.165) is 10.6 Å². The molecule has 1 atom stereocenters. The lowest BCUT2D eigenvalue weighted by Gasteiger charge is -2.22. The molecule has 7 heteroatoms. The minimum Gasteiger partial charge on any atom is -0.353 e. The predicted octanol–water partition coefficient (Wildman–Crippen LogP) is -0.214. The highest BCUT2D eigenvalue weighted by Crippen LogP contribution is 2.21. The van der Waals surface area contributed by atoms with E-state index in [1.165, 1.54) is 11.3 Å². The van der Waals surface area contributed by atoms with Crippen molar-refractivity contribution in [3.8, 4) is 0 Å². The van der Waals surface area contributed by atoms with Crippen LogP contribution in [0.2, 0.25) is 0 Å². The molecule has 3 N–H and O–H groups in total. The molecule has 17 heavy (non-hydrogen) atoms. The second-order valence-electron chi connectivity index (χ2n) is 3.89. The normalized spacial score (nSPS) is 19.9. The van der Waals surface area contributed by atoms with Crippen LogP contribution in [0.5, 0.6) is 0 Å². The molecule has 1 aromatic heterocycles. The first kappa shape index (κ1) is 12.0. The third-order valence-corrected chi connectivity index (χ3v) is 3.58. The van der Waals surface area contributed by atoms with Crippen molar-refractivity contribution in [3.63, 3.8) is 0 Å². The molecule has 1 aliphatic heterocycles. The van der Waals surface area contributed by atoms with Gasteiger partial charge in [0.05, 0.1) is 12.2 Å². The smallest absolute Gasteiger partial charge is 0.245 e. The fraction of sp³-hybridized carbons (Fsp3) is 0.500. The summed E-state index contributed by atoms with van der Waals surface area (Å²) in [5.74, 6) is -0.256. The Morgan fingerprint density at radius 3 is 2.82 bits per heavy atom. The molecule has 6 nitrogen and oxygen atoms in total. The van der Waals surface area contributed by atoms with Crippen molar-refractivity contribution >= 4 is 28.3 Å². The van der Waals surface area contributed by atoms with E-state index in [9.17, 15) is 9.59 Å². The maximum absolute atomic E-state index is 11.8. The van der Waals surface area contributed by atoms with Crippen molar-refractivity contribution in [2.75, 3.05) is 18.4 Å². The number of hydrogen-bond donors (Lipinski definition) is 3. The van der Waals surface area contributed by atoms with Gasteiger partial charge < -0.3 is 10.6 Å². The van der Waals surface area contributed by atoms with Crippen LogP contribution in [0.25, 0.3) is 0 Å². The van der Waals surface area contributed by atoms with Crippen LogP contribution < -0.4 is 16.0 Å². The summed E-state index contributed by atoms with van der Waals surface area (Å²) in [5.41, 5.74) is 0.926. The zero-order chi connectivity index (χ0) is 12.4. The molecule has 0 aliphatic carbocycles. The summed E-state index contributed by atoms with van der Waals surface area (Å²) >= 11 is 1.45. The average Bonchev–Trinajstić information content (AvgIpc) is 2.58. The van der Waals surface area contributed by atoms with Gasteiger partial charge in [-0.05, 0) is 13.8 Å². The van der Waals surface area contributed by atoms with Crippen molar-refractivity contribution in [1.82, 2.24) is 15.6 Å². The van der Waals surface area contributed by atoms with Crippen molar-refractivity contribution in [3.05, 3.63) is 10.6 Å². The standard InChI is InChI=1S/C10H14N4O2S/c1-5-6(2)17-10(13-5)14-9(16)7-3-12-8(15)4-11-7/h7,11H,3-4H2,1-2H3,(H,12,15)(H,13,14,16). The molecule has 0 spiro atoms. The molecule has 1 aliphatic rings. The van der Waals surface area contributed by atoms with Crippen molar-refractivity contribution < 1.29 is 9.59 Å². The van der Waals surface area contributed by atoms with Crippen LogP contribution in [0, 0.1) is 13.8 Å².